The average molecular weight is 306 g/mol. The highest BCUT2D eigenvalue weighted by atomic mass is 16.2. The number of carbonyl (C=O) groups is 1. The average Bonchev–Trinajstić information content (AvgIpc) is 3.25. The molecule has 1 amide bonds. The van der Waals surface area contributed by atoms with Crippen LogP contribution in [-0.2, 0) is 4.79 Å². The van der Waals surface area contributed by atoms with Crippen LogP contribution in [0.25, 0.3) is 0 Å². The van der Waals surface area contributed by atoms with Crippen LogP contribution < -0.4 is 10.6 Å². The molecule has 0 bridgehead atoms. The first kappa shape index (κ1) is 16.3. The number of unbranched alkanes of at least 4 members (excludes halogenated alkanes) is 1. The first-order valence-corrected chi connectivity index (χ1v) is 9.72. The maximum absolute atomic E-state index is 12.4. The molecule has 3 heteroatoms. The van der Waals surface area contributed by atoms with Gasteiger partial charge in [0.1, 0.15) is 0 Å². The number of nitrogens with one attached hydrogen (secondary N) is 2. The SMILES string of the molecule is CCCCC1CCC(CNC(=O)C2CC23CCNCC3)CC1. The lowest BCUT2D eigenvalue weighted by atomic mass is 9.80. The summed E-state index contributed by atoms with van der Waals surface area (Å²) in [5.74, 6) is 2.39. The molecule has 0 aromatic rings. The second-order valence-electron chi connectivity index (χ2n) is 8.14. The Balaban J connectivity index is 1.33. The van der Waals surface area contributed by atoms with Gasteiger partial charge in [-0.15, -0.1) is 0 Å². The summed E-state index contributed by atoms with van der Waals surface area (Å²) in [6, 6.07) is 0. The lowest BCUT2D eigenvalue weighted by Gasteiger charge is -2.29. The molecule has 1 heterocycles. The number of piperidine rings is 1. The summed E-state index contributed by atoms with van der Waals surface area (Å²) < 4.78 is 0. The summed E-state index contributed by atoms with van der Waals surface area (Å²) in [4.78, 5) is 12.4. The minimum absolute atomic E-state index is 0.329. The highest BCUT2D eigenvalue weighted by Crippen LogP contribution is 2.58. The van der Waals surface area contributed by atoms with Gasteiger partial charge in [0.25, 0.3) is 0 Å². The molecule has 2 saturated carbocycles. The smallest absolute Gasteiger partial charge is 0.223 e. The predicted molar refractivity (Wildman–Crippen MR) is 90.6 cm³/mol. The van der Waals surface area contributed by atoms with E-state index in [9.17, 15) is 4.79 Å². The molecule has 0 radical (unpaired) electrons. The van der Waals surface area contributed by atoms with Gasteiger partial charge in [-0.05, 0) is 62.4 Å². The van der Waals surface area contributed by atoms with Crippen LogP contribution in [0.4, 0.5) is 0 Å². The third kappa shape index (κ3) is 3.84. The van der Waals surface area contributed by atoms with E-state index in [0.717, 1.165) is 37.9 Å². The molecule has 1 aliphatic heterocycles. The van der Waals surface area contributed by atoms with Crippen molar-refractivity contribution in [3.8, 4) is 0 Å². The van der Waals surface area contributed by atoms with Crippen LogP contribution in [0.15, 0.2) is 0 Å². The minimum atomic E-state index is 0.329. The Morgan fingerprint density at radius 2 is 1.82 bits per heavy atom. The molecule has 1 unspecified atom stereocenters. The maximum atomic E-state index is 12.4. The summed E-state index contributed by atoms with van der Waals surface area (Å²) in [6.45, 7) is 5.43. The van der Waals surface area contributed by atoms with E-state index in [0.29, 0.717) is 17.2 Å². The maximum Gasteiger partial charge on any atom is 0.223 e. The van der Waals surface area contributed by atoms with Gasteiger partial charge in [-0.25, -0.2) is 0 Å². The third-order valence-corrected chi connectivity index (χ3v) is 6.60. The molecule has 3 rings (SSSR count). The van der Waals surface area contributed by atoms with Crippen molar-refractivity contribution in [3.63, 3.8) is 0 Å². The summed E-state index contributed by atoms with van der Waals surface area (Å²) >= 11 is 0. The number of carbonyl (C=O) groups excluding carboxylic acids is 1. The van der Waals surface area contributed by atoms with E-state index >= 15 is 0 Å². The van der Waals surface area contributed by atoms with Crippen molar-refractivity contribution in [2.24, 2.45) is 23.2 Å². The summed E-state index contributed by atoms with van der Waals surface area (Å²) in [6.07, 6.45) is 13.1. The van der Waals surface area contributed by atoms with Crippen LogP contribution >= 0.6 is 0 Å². The van der Waals surface area contributed by atoms with Crippen molar-refractivity contribution >= 4 is 5.91 Å². The van der Waals surface area contributed by atoms with E-state index in [-0.39, 0.29) is 0 Å². The summed E-state index contributed by atoms with van der Waals surface area (Å²) in [7, 11) is 0. The minimum Gasteiger partial charge on any atom is -0.356 e. The molecule has 3 fully saturated rings. The molecule has 1 spiro atoms. The van der Waals surface area contributed by atoms with Crippen LogP contribution in [0.1, 0.15) is 71.1 Å². The fraction of sp³-hybridized carbons (Fsp3) is 0.947. The Labute approximate surface area is 136 Å². The molecule has 2 N–H and O–H groups in total. The van der Waals surface area contributed by atoms with Crippen LogP contribution in [0.2, 0.25) is 0 Å². The monoisotopic (exact) mass is 306 g/mol. The molecule has 0 aromatic carbocycles. The number of rotatable bonds is 6. The fourth-order valence-electron chi connectivity index (χ4n) is 4.78. The predicted octanol–water partition coefficient (Wildman–Crippen LogP) is 3.49. The lowest BCUT2D eigenvalue weighted by molar-refractivity contribution is -0.123. The van der Waals surface area contributed by atoms with Gasteiger partial charge in [-0.1, -0.05) is 39.0 Å². The van der Waals surface area contributed by atoms with E-state index in [4.69, 9.17) is 0 Å². The van der Waals surface area contributed by atoms with E-state index in [1.165, 1.54) is 57.8 Å². The van der Waals surface area contributed by atoms with Crippen molar-refractivity contribution < 1.29 is 4.79 Å². The molecule has 1 saturated heterocycles. The van der Waals surface area contributed by atoms with Crippen LogP contribution in [-0.4, -0.2) is 25.5 Å². The van der Waals surface area contributed by atoms with Crippen LogP contribution in [0.5, 0.6) is 0 Å². The molecule has 2 aliphatic carbocycles. The zero-order valence-electron chi connectivity index (χ0n) is 14.3. The topological polar surface area (TPSA) is 41.1 Å². The second kappa shape index (κ2) is 7.33. The largest absolute Gasteiger partial charge is 0.356 e. The van der Waals surface area contributed by atoms with E-state index in [1.807, 2.05) is 0 Å². The molecule has 3 nitrogen and oxygen atoms in total. The lowest BCUT2D eigenvalue weighted by Crippen LogP contribution is -2.36. The Hall–Kier alpha value is -0.570. The summed E-state index contributed by atoms with van der Waals surface area (Å²) in [5.41, 5.74) is 0.382. The Bertz CT molecular complexity index is 368. The normalized spacial score (nSPS) is 33.6. The summed E-state index contributed by atoms with van der Waals surface area (Å²) in [5, 5.41) is 6.69. The van der Waals surface area contributed by atoms with Crippen molar-refractivity contribution in [2.75, 3.05) is 19.6 Å². The number of hydrogen-bond donors (Lipinski definition) is 2. The number of hydrogen-bond acceptors (Lipinski definition) is 2. The molecule has 3 aliphatic rings. The Morgan fingerprint density at radius 3 is 2.50 bits per heavy atom. The van der Waals surface area contributed by atoms with Gasteiger partial charge in [0.2, 0.25) is 5.91 Å². The fourth-order valence-corrected chi connectivity index (χ4v) is 4.78. The Kier molecular flexibility index (Phi) is 5.43. The van der Waals surface area contributed by atoms with Gasteiger partial charge in [-0.2, -0.15) is 0 Å². The molecular weight excluding hydrogens is 272 g/mol. The zero-order chi connectivity index (χ0) is 15.4. The van der Waals surface area contributed by atoms with E-state index in [1.54, 1.807) is 0 Å². The molecule has 0 aromatic heterocycles. The van der Waals surface area contributed by atoms with Crippen molar-refractivity contribution in [1.29, 1.82) is 0 Å². The standard InChI is InChI=1S/C19H34N2O/c1-2-3-4-15-5-7-16(8-6-15)14-21-18(22)17-13-19(17)9-11-20-12-10-19/h15-17,20H,2-14H2,1H3,(H,21,22). The Morgan fingerprint density at radius 1 is 1.14 bits per heavy atom. The third-order valence-electron chi connectivity index (χ3n) is 6.60. The van der Waals surface area contributed by atoms with E-state index in [2.05, 4.69) is 17.6 Å². The van der Waals surface area contributed by atoms with Crippen LogP contribution in [0, 0.1) is 23.2 Å². The van der Waals surface area contributed by atoms with Gasteiger partial charge in [0.05, 0.1) is 0 Å². The molecular formula is C19H34N2O. The quantitative estimate of drug-likeness (QED) is 0.788. The van der Waals surface area contributed by atoms with Crippen LogP contribution in [0.3, 0.4) is 0 Å². The van der Waals surface area contributed by atoms with Crippen molar-refractivity contribution in [1.82, 2.24) is 10.6 Å². The van der Waals surface area contributed by atoms with Crippen molar-refractivity contribution in [3.05, 3.63) is 0 Å². The number of amides is 1. The molecule has 1 atom stereocenters. The van der Waals surface area contributed by atoms with Gasteiger partial charge >= 0.3 is 0 Å². The molecule has 22 heavy (non-hydrogen) atoms. The first-order chi connectivity index (χ1) is 10.7. The second-order valence-corrected chi connectivity index (χ2v) is 8.14. The molecule has 126 valence electrons. The highest BCUT2D eigenvalue weighted by Gasteiger charge is 2.57. The van der Waals surface area contributed by atoms with Crippen molar-refractivity contribution in [2.45, 2.75) is 71.1 Å². The van der Waals surface area contributed by atoms with E-state index < -0.39 is 0 Å². The van der Waals surface area contributed by atoms with Gasteiger partial charge in [0.15, 0.2) is 0 Å². The zero-order valence-corrected chi connectivity index (χ0v) is 14.3. The first-order valence-electron chi connectivity index (χ1n) is 9.72. The van der Waals surface area contributed by atoms with Gasteiger partial charge in [-0.3, -0.25) is 4.79 Å². The highest BCUT2D eigenvalue weighted by molar-refractivity contribution is 5.82. The van der Waals surface area contributed by atoms with Gasteiger partial charge < -0.3 is 10.6 Å². The van der Waals surface area contributed by atoms with Gasteiger partial charge in [0, 0.05) is 12.5 Å².